The van der Waals surface area contributed by atoms with Gasteiger partial charge in [-0.1, -0.05) is 6.07 Å². The van der Waals surface area contributed by atoms with Crippen LogP contribution in [-0.4, -0.2) is 35.4 Å². The van der Waals surface area contributed by atoms with Gasteiger partial charge in [-0.05, 0) is 49.4 Å². The molecule has 0 saturated heterocycles. The Kier molecular flexibility index (Phi) is 8.18. The number of anilines is 2. The van der Waals surface area contributed by atoms with Crippen LogP contribution in [0.3, 0.4) is 0 Å². The molecule has 0 aliphatic heterocycles. The first-order chi connectivity index (χ1) is 13.9. The van der Waals surface area contributed by atoms with Crippen LogP contribution in [0.15, 0.2) is 48.5 Å². The number of ether oxygens (including phenoxy) is 1. The summed E-state index contributed by atoms with van der Waals surface area (Å²) in [5.74, 6) is -1.95. The van der Waals surface area contributed by atoms with Crippen molar-refractivity contribution in [2.45, 2.75) is 12.2 Å². The van der Waals surface area contributed by atoms with Crippen molar-refractivity contribution in [1.29, 1.82) is 5.26 Å². The predicted octanol–water partition coefficient (Wildman–Crippen LogP) is 2.94. The summed E-state index contributed by atoms with van der Waals surface area (Å²) in [5, 5.41) is 13.3. The van der Waals surface area contributed by atoms with Gasteiger partial charge in [-0.15, -0.1) is 11.8 Å². The maximum atomic E-state index is 12.8. The Labute approximate surface area is 171 Å². The lowest BCUT2D eigenvalue weighted by atomic mass is 10.2. The summed E-state index contributed by atoms with van der Waals surface area (Å²) in [6.07, 6.45) is 0. The number of esters is 1. The summed E-state index contributed by atoms with van der Waals surface area (Å²) in [5.41, 5.74) is 1.26. The summed E-state index contributed by atoms with van der Waals surface area (Å²) in [7, 11) is 0. The number of thioether (sulfide) groups is 1. The average Bonchev–Trinajstić information content (AvgIpc) is 2.72. The third-order valence-electron chi connectivity index (χ3n) is 3.55. The summed E-state index contributed by atoms with van der Waals surface area (Å²) in [6, 6.07) is 13.6. The van der Waals surface area contributed by atoms with Gasteiger partial charge in [0.25, 0.3) is 5.91 Å². The van der Waals surface area contributed by atoms with Gasteiger partial charge in [0.2, 0.25) is 5.91 Å². The van der Waals surface area contributed by atoms with Crippen molar-refractivity contribution in [2.24, 2.45) is 0 Å². The highest BCUT2D eigenvalue weighted by Crippen LogP contribution is 2.14. The Bertz CT molecular complexity index is 928. The van der Waals surface area contributed by atoms with Gasteiger partial charge in [-0.25, -0.2) is 4.39 Å². The molecule has 9 heteroatoms. The summed E-state index contributed by atoms with van der Waals surface area (Å²) < 4.78 is 17.8. The zero-order valence-corrected chi connectivity index (χ0v) is 16.3. The van der Waals surface area contributed by atoms with Crippen LogP contribution >= 0.6 is 11.8 Å². The Morgan fingerprint density at radius 1 is 1.10 bits per heavy atom. The minimum absolute atomic E-state index is 0.0131. The first-order valence-corrected chi connectivity index (χ1v) is 9.56. The fourth-order valence-electron chi connectivity index (χ4n) is 2.12. The Balaban J connectivity index is 1.71. The summed E-state index contributed by atoms with van der Waals surface area (Å²) in [6.45, 7) is 1.08. The predicted molar refractivity (Wildman–Crippen MR) is 108 cm³/mol. The standard InChI is InChI=1S/C20H18FN3O4S/c1-13(29-12-19(26)23-16-7-5-15(21)6-8-16)20(27)28-11-18(25)24-17-4-2-3-14(9-17)10-22/h2-9,13H,11-12H2,1H3,(H,23,26)(H,24,25)/t13-/m1/s1. The van der Waals surface area contributed by atoms with Crippen LogP contribution in [-0.2, 0) is 19.1 Å². The number of rotatable bonds is 8. The van der Waals surface area contributed by atoms with Crippen molar-refractivity contribution >= 4 is 40.9 Å². The lowest BCUT2D eigenvalue weighted by Crippen LogP contribution is -2.26. The van der Waals surface area contributed by atoms with Crippen LogP contribution in [0.5, 0.6) is 0 Å². The van der Waals surface area contributed by atoms with Gasteiger partial charge in [-0.3, -0.25) is 14.4 Å². The molecule has 0 saturated carbocycles. The molecular weight excluding hydrogens is 397 g/mol. The van der Waals surface area contributed by atoms with Gasteiger partial charge < -0.3 is 15.4 Å². The van der Waals surface area contributed by atoms with Crippen molar-refractivity contribution < 1.29 is 23.5 Å². The number of nitrogens with one attached hydrogen (secondary N) is 2. The van der Waals surface area contributed by atoms with E-state index in [1.807, 2.05) is 6.07 Å². The number of hydrogen-bond donors (Lipinski definition) is 2. The van der Waals surface area contributed by atoms with Gasteiger partial charge in [0, 0.05) is 11.4 Å². The first-order valence-electron chi connectivity index (χ1n) is 8.51. The Morgan fingerprint density at radius 3 is 2.48 bits per heavy atom. The highest BCUT2D eigenvalue weighted by atomic mass is 32.2. The van der Waals surface area contributed by atoms with Crippen molar-refractivity contribution in [3.05, 3.63) is 59.9 Å². The first kappa shape index (κ1) is 21.9. The zero-order valence-electron chi connectivity index (χ0n) is 15.5. The molecule has 0 aliphatic rings. The average molecular weight is 415 g/mol. The number of carbonyl (C=O) groups excluding carboxylic acids is 3. The van der Waals surface area contributed by atoms with E-state index in [1.54, 1.807) is 25.1 Å². The Morgan fingerprint density at radius 2 is 1.79 bits per heavy atom. The number of amides is 2. The van der Waals surface area contributed by atoms with Crippen LogP contribution in [0.2, 0.25) is 0 Å². The highest BCUT2D eigenvalue weighted by molar-refractivity contribution is 8.01. The minimum Gasteiger partial charge on any atom is -0.455 e. The molecule has 0 heterocycles. The number of halogens is 1. The van der Waals surface area contributed by atoms with E-state index in [9.17, 15) is 18.8 Å². The molecule has 2 aromatic rings. The molecule has 1 atom stereocenters. The van der Waals surface area contributed by atoms with Crippen LogP contribution < -0.4 is 10.6 Å². The van der Waals surface area contributed by atoms with Crippen molar-refractivity contribution in [3.63, 3.8) is 0 Å². The number of nitrogens with zero attached hydrogens (tertiary/aromatic N) is 1. The number of benzene rings is 2. The van der Waals surface area contributed by atoms with E-state index in [0.717, 1.165) is 11.8 Å². The summed E-state index contributed by atoms with van der Waals surface area (Å²) in [4.78, 5) is 35.7. The van der Waals surface area contributed by atoms with Crippen molar-refractivity contribution in [3.8, 4) is 6.07 Å². The van der Waals surface area contributed by atoms with E-state index in [4.69, 9.17) is 10.00 Å². The van der Waals surface area contributed by atoms with Gasteiger partial charge in [0.1, 0.15) is 11.1 Å². The maximum Gasteiger partial charge on any atom is 0.319 e. The molecule has 150 valence electrons. The molecule has 0 spiro atoms. The zero-order chi connectivity index (χ0) is 21.2. The smallest absolute Gasteiger partial charge is 0.319 e. The van der Waals surface area contributed by atoms with Crippen molar-refractivity contribution in [2.75, 3.05) is 23.0 Å². The quantitative estimate of drug-likeness (QED) is 0.642. The normalized spacial score (nSPS) is 11.1. The van der Waals surface area contributed by atoms with Gasteiger partial charge in [-0.2, -0.15) is 5.26 Å². The molecule has 2 amide bonds. The number of nitriles is 1. The highest BCUT2D eigenvalue weighted by Gasteiger charge is 2.18. The molecule has 0 radical (unpaired) electrons. The van der Waals surface area contributed by atoms with E-state index in [0.29, 0.717) is 16.9 Å². The fraction of sp³-hybridized carbons (Fsp3) is 0.200. The number of carbonyl (C=O) groups is 3. The maximum absolute atomic E-state index is 12.8. The van der Waals surface area contributed by atoms with E-state index in [-0.39, 0.29) is 11.7 Å². The monoisotopic (exact) mass is 415 g/mol. The molecule has 0 aromatic heterocycles. The SMILES string of the molecule is C[C@@H](SCC(=O)Nc1ccc(F)cc1)C(=O)OCC(=O)Nc1cccc(C#N)c1. The lowest BCUT2D eigenvalue weighted by molar-refractivity contribution is -0.146. The molecule has 0 fully saturated rings. The second-order valence-corrected chi connectivity index (χ2v) is 7.19. The third-order valence-corrected chi connectivity index (χ3v) is 4.67. The molecule has 29 heavy (non-hydrogen) atoms. The molecule has 2 rings (SSSR count). The lowest BCUT2D eigenvalue weighted by Gasteiger charge is -2.12. The van der Waals surface area contributed by atoms with E-state index >= 15 is 0 Å². The van der Waals surface area contributed by atoms with E-state index in [2.05, 4.69) is 10.6 Å². The molecule has 0 aliphatic carbocycles. The molecule has 2 aromatic carbocycles. The van der Waals surface area contributed by atoms with E-state index < -0.39 is 29.6 Å². The second-order valence-electron chi connectivity index (χ2n) is 5.86. The topological polar surface area (TPSA) is 108 Å². The second kappa shape index (κ2) is 10.8. The van der Waals surface area contributed by atoms with Crippen LogP contribution in [0, 0.1) is 17.1 Å². The molecular formula is C20H18FN3O4S. The third kappa shape index (κ3) is 7.63. The molecule has 0 bridgehead atoms. The van der Waals surface area contributed by atoms with E-state index in [1.165, 1.54) is 30.3 Å². The molecule has 7 nitrogen and oxygen atoms in total. The van der Waals surface area contributed by atoms with Gasteiger partial charge in [0.15, 0.2) is 6.61 Å². The Hall–Kier alpha value is -3.38. The number of hydrogen-bond acceptors (Lipinski definition) is 6. The molecule has 0 unspecified atom stereocenters. The largest absolute Gasteiger partial charge is 0.455 e. The van der Waals surface area contributed by atoms with Gasteiger partial charge in [0.05, 0.1) is 17.4 Å². The molecule has 2 N–H and O–H groups in total. The summed E-state index contributed by atoms with van der Waals surface area (Å²) >= 11 is 1.05. The van der Waals surface area contributed by atoms with Crippen molar-refractivity contribution in [1.82, 2.24) is 0 Å². The van der Waals surface area contributed by atoms with Gasteiger partial charge >= 0.3 is 5.97 Å². The fourth-order valence-corrected chi connectivity index (χ4v) is 2.79. The minimum atomic E-state index is -0.663. The van der Waals surface area contributed by atoms with Crippen LogP contribution in [0.25, 0.3) is 0 Å². The van der Waals surface area contributed by atoms with Crippen LogP contribution in [0.4, 0.5) is 15.8 Å². The van der Waals surface area contributed by atoms with Crippen LogP contribution in [0.1, 0.15) is 12.5 Å².